The highest BCUT2D eigenvalue weighted by Crippen LogP contribution is 2.37. The summed E-state index contributed by atoms with van der Waals surface area (Å²) in [6.07, 6.45) is 0.540. The van der Waals surface area contributed by atoms with E-state index in [0.29, 0.717) is 19.6 Å². The van der Waals surface area contributed by atoms with Gasteiger partial charge in [-0.25, -0.2) is 0 Å². The lowest BCUT2D eigenvalue weighted by molar-refractivity contribution is -0.137. The van der Waals surface area contributed by atoms with Gasteiger partial charge in [-0.3, -0.25) is 4.79 Å². The van der Waals surface area contributed by atoms with Crippen LogP contribution in [-0.4, -0.2) is 28.4 Å². The minimum Gasteiger partial charge on any atom is -0.493 e. The first-order valence-corrected chi connectivity index (χ1v) is 13.8. The Hall–Kier alpha value is -3.79. The lowest BCUT2D eigenvalue weighted by atomic mass is 9.96. The Kier molecular flexibility index (Phi) is 8.96. The van der Waals surface area contributed by atoms with Crippen molar-refractivity contribution in [3.8, 4) is 34.5 Å². The average molecular weight is 543 g/mol. The Bertz CT molecular complexity index is 1500. The second-order valence-corrected chi connectivity index (χ2v) is 11.2. The van der Waals surface area contributed by atoms with Gasteiger partial charge in [-0.2, -0.15) is 0 Å². The van der Waals surface area contributed by atoms with Crippen molar-refractivity contribution < 1.29 is 24.5 Å². The van der Waals surface area contributed by atoms with Crippen LogP contribution in [0.2, 0.25) is 0 Å². The maximum absolute atomic E-state index is 11.2. The Morgan fingerprint density at radius 1 is 1.00 bits per heavy atom. The number of hydrogen-bond acceptors (Lipinski definition) is 5. The number of benzene rings is 3. The van der Waals surface area contributed by atoms with Crippen LogP contribution in [0.5, 0.6) is 11.5 Å². The zero-order valence-electron chi connectivity index (χ0n) is 22.8. The Labute approximate surface area is 234 Å². The van der Waals surface area contributed by atoms with E-state index in [2.05, 4.69) is 48.4 Å². The minimum atomic E-state index is -0.868. The summed E-state index contributed by atoms with van der Waals surface area (Å²) in [6.45, 7) is 8.26. The minimum absolute atomic E-state index is 0.0265. The molecule has 0 radical (unpaired) electrons. The van der Waals surface area contributed by atoms with Crippen molar-refractivity contribution in [3.63, 3.8) is 0 Å². The SMILES string of the molecule is CC#C[C@H](CC(=O)O)c1ccc(OCc2ccc3scc(-c4ccc(OCCC(C)(C)O)cc4C)c3c2)cc1. The molecule has 4 aromatic rings. The van der Waals surface area contributed by atoms with E-state index in [4.69, 9.17) is 14.6 Å². The lowest BCUT2D eigenvalue weighted by Crippen LogP contribution is -2.21. The fraction of sp³-hybridized carbons (Fsp3) is 0.303. The van der Waals surface area contributed by atoms with Crippen LogP contribution in [0.3, 0.4) is 0 Å². The van der Waals surface area contributed by atoms with Crippen molar-refractivity contribution in [2.24, 2.45) is 0 Å². The molecule has 0 unspecified atom stereocenters. The summed E-state index contributed by atoms with van der Waals surface area (Å²) in [5.74, 6) is 6.12. The lowest BCUT2D eigenvalue weighted by Gasteiger charge is -2.17. The number of carbonyl (C=O) groups is 1. The molecule has 1 aromatic heterocycles. The molecule has 0 spiro atoms. The van der Waals surface area contributed by atoms with Gasteiger partial charge in [-0.1, -0.05) is 30.2 Å². The maximum Gasteiger partial charge on any atom is 0.304 e. The van der Waals surface area contributed by atoms with Gasteiger partial charge in [-0.05, 0) is 91.7 Å². The van der Waals surface area contributed by atoms with Crippen molar-refractivity contribution in [1.29, 1.82) is 0 Å². The molecule has 0 aliphatic heterocycles. The van der Waals surface area contributed by atoms with E-state index >= 15 is 0 Å². The number of fused-ring (bicyclic) bond motifs is 1. The molecule has 2 N–H and O–H groups in total. The van der Waals surface area contributed by atoms with Gasteiger partial charge in [0, 0.05) is 22.1 Å². The zero-order valence-corrected chi connectivity index (χ0v) is 23.6. The molecule has 0 aliphatic carbocycles. The van der Waals surface area contributed by atoms with Gasteiger partial charge >= 0.3 is 5.97 Å². The van der Waals surface area contributed by atoms with Gasteiger partial charge in [0.25, 0.3) is 0 Å². The molecular weight excluding hydrogens is 508 g/mol. The number of aliphatic carboxylic acids is 1. The largest absolute Gasteiger partial charge is 0.493 e. The predicted octanol–water partition coefficient (Wildman–Crippen LogP) is 7.58. The third kappa shape index (κ3) is 7.63. The second-order valence-electron chi connectivity index (χ2n) is 10.3. The first kappa shape index (κ1) is 28.2. The first-order chi connectivity index (χ1) is 18.6. The van der Waals surface area contributed by atoms with Crippen molar-refractivity contribution >= 4 is 27.4 Å². The van der Waals surface area contributed by atoms with Crippen molar-refractivity contribution in [1.82, 2.24) is 0 Å². The predicted molar refractivity (Wildman–Crippen MR) is 158 cm³/mol. The van der Waals surface area contributed by atoms with Crippen LogP contribution in [0.15, 0.2) is 66.0 Å². The number of aryl methyl sites for hydroxylation is 1. The van der Waals surface area contributed by atoms with Gasteiger partial charge in [0.1, 0.15) is 18.1 Å². The molecule has 39 heavy (non-hydrogen) atoms. The number of thiophene rings is 1. The van der Waals surface area contributed by atoms with Crippen LogP contribution in [0.1, 0.15) is 56.2 Å². The van der Waals surface area contributed by atoms with Gasteiger partial charge in [0.05, 0.1) is 24.5 Å². The summed E-state index contributed by atoms with van der Waals surface area (Å²) < 4.78 is 13.1. The van der Waals surface area contributed by atoms with E-state index in [1.807, 2.05) is 36.4 Å². The molecule has 6 heteroatoms. The molecule has 1 atom stereocenters. The Morgan fingerprint density at radius 2 is 1.74 bits per heavy atom. The highest BCUT2D eigenvalue weighted by molar-refractivity contribution is 7.17. The van der Waals surface area contributed by atoms with Gasteiger partial charge < -0.3 is 19.7 Å². The molecule has 1 heterocycles. The molecule has 202 valence electrons. The van der Waals surface area contributed by atoms with E-state index < -0.39 is 11.6 Å². The summed E-state index contributed by atoms with van der Waals surface area (Å²) in [5.41, 5.74) is 4.67. The van der Waals surface area contributed by atoms with Crippen LogP contribution in [0.4, 0.5) is 0 Å². The molecule has 0 amide bonds. The molecule has 3 aromatic carbocycles. The van der Waals surface area contributed by atoms with Crippen molar-refractivity contribution in [3.05, 3.63) is 82.7 Å². The highest BCUT2D eigenvalue weighted by Gasteiger charge is 2.15. The standard InChI is InChI=1S/C33H34O5S/c1-5-6-25(19-32(34)35)24-8-10-26(11-9-24)38-20-23-7-14-31-29(18-23)30(21-39-31)28-13-12-27(17-22(28)2)37-16-15-33(3,4)36/h7-14,17-18,21,25,36H,15-16,19-20H2,1-4H3,(H,34,35)/t25-/m1/s1. The number of hydrogen-bond donors (Lipinski definition) is 2. The van der Waals surface area contributed by atoms with Crippen LogP contribution in [-0.2, 0) is 11.4 Å². The summed E-state index contributed by atoms with van der Waals surface area (Å²) >= 11 is 1.72. The first-order valence-electron chi connectivity index (χ1n) is 13.0. The van der Waals surface area contributed by atoms with Gasteiger partial charge in [0.15, 0.2) is 0 Å². The topological polar surface area (TPSA) is 76.0 Å². The fourth-order valence-corrected chi connectivity index (χ4v) is 5.33. The van der Waals surface area contributed by atoms with Crippen LogP contribution >= 0.6 is 11.3 Å². The Balaban J connectivity index is 1.46. The smallest absolute Gasteiger partial charge is 0.304 e. The van der Waals surface area contributed by atoms with Crippen molar-refractivity contribution in [2.75, 3.05) is 6.61 Å². The summed E-state index contributed by atoms with van der Waals surface area (Å²) in [7, 11) is 0. The average Bonchev–Trinajstić information content (AvgIpc) is 3.30. The van der Waals surface area contributed by atoms with Gasteiger partial charge in [0.2, 0.25) is 0 Å². The number of ether oxygens (including phenoxy) is 2. The number of carboxylic acids is 1. The van der Waals surface area contributed by atoms with E-state index in [9.17, 15) is 9.90 Å². The molecule has 0 saturated carbocycles. The second kappa shape index (κ2) is 12.4. The normalized spacial score (nSPS) is 12.0. The third-order valence-corrected chi connectivity index (χ3v) is 7.46. The maximum atomic E-state index is 11.2. The third-order valence-electron chi connectivity index (χ3n) is 6.49. The summed E-state index contributed by atoms with van der Waals surface area (Å²) in [5, 5.41) is 22.5. The molecule has 0 bridgehead atoms. The van der Waals surface area contributed by atoms with Gasteiger partial charge in [-0.15, -0.1) is 17.3 Å². The molecule has 4 rings (SSSR count). The number of rotatable bonds is 11. The fourth-order valence-electron chi connectivity index (χ4n) is 4.39. The number of aliphatic hydroxyl groups is 1. The number of carboxylic acid groups (broad SMARTS) is 1. The van der Waals surface area contributed by atoms with Crippen molar-refractivity contribution in [2.45, 2.75) is 58.7 Å². The molecule has 0 fully saturated rings. The van der Waals surface area contributed by atoms with Crippen LogP contribution < -0.4 is 9.47 Å². The zero-order chi connectivity index (χ0) is 28.0. The monoisotopic (exact) mass is 542 g/mol. The van der Waals surface area contributed by atoms with E-state index in [-0.39, 0.29) is 12.3 Å². The van der Waals surface area contributed by atoms with Crippen LogP contribution in [0.25, 0.3) is 21.2 Å². The molecular formula is C33H34O5S. The van der Waals surface area contributed by atoms with Crippen LogP contribution in [0, 0.1) is 18.8 Å². The highest BCUT2D eigenvalue weighted by atomic mass is 32.1. The van der Waals surface area contributed by atoms with E-state index in [1.54, 1.807) is 32.1 Å². The van der Waals surface area contributed by atoms with E-state index in [1.165, 1.54) is 15.6 Å². The summed E-state index contributed by atoms with van der Waals surface area (Å²) in [6, 6.07) is 20.0. The Morgan fingerprint density at radius 3 is 2.41 bits per heavy atom. The quantitative estimate of drug-likeness (QED) is 0.191. The molecule has 5 nitrogen and oxygen atoms in total. The molecule has 0 aliphatic rings. The molecule has 0 saturated heterocycles. The summed E-state index contributed by atoms with van der Waals surface area (Å²) in [4.78, 5) is 11.2. The van der Waals surface area contributed by atoms with E-state index in [0.717, 1.165) is 33.8 Å².